The summed E-state index contributed by atoms with van der Waals surface area (Å²) < 4.78 is 0. The van der Waals surface area contributed by atoms with Gasteiger partial charge in [-0.1, -0.05) is 19.1 Å². The van der Waals surface area contributed by atoms with Gasteiger partial charge in [-0.2, -0.15) is 5.26 Å². The van der Waals surface area contributed by atoms with E-state index < -0.39 is 0 Å². The van der Waals surface area contributed by atoms with Gasteiger partial charge in [-0.3, -0.25) is 9.80 Å². The molecule has 2 rings (SSSR count). The van der Waals surface area contributed by atoms with Gasteiger partial charge in [0.2, 0.25) is 0 Å². The zero-order valence-electron chi connectivity index (χ0n) is 13.0. The molecule has 2 atom stereocenters. The SMILES string of the molecule is CCC1CN(Cc2cccc(C#N)c2)CCN1CC(C)O. The Hall–Kier alpha value is -1.41. The van der Waals surface area contributed by atoms with E-state index in [0.29, 0.717) is 6.04 Å². The monoisotopic (exact) mass is 287 g/mol. The van der Waals surface area contributed by atoms with E-state index in [1.807, 2.05) is 25.1 Å². The van der Waals surface area contributed by atoms with Crippen LogP contribution < -0.4 is 0 Å². The fourth-order valence-electron chi connectivity index (χ4n) is 3.07. The molecule has 1 aliphatic rings. The summed E-state index contributed by atoms with van der Waals surface area (Å²) in [6.45, 7) is 8.76. The van der Waals surface area contributed by atoms with Gasteiger partial charge in [-0.05, 0) is 31.0 Å². The summed E-state index contributed by atoms with van der Waals surface area (Å²) in [5, 5.41) is 18.6. The summed E-state index contributed by atoms with van der Waals surface area (Å²) in [7, 11) is 0. The molecule has 0 spiro atoms. The molecule has 1 fully saturated rings. The van der Waals surface area contributed by atoms with Crippen molar-refractivity contribution in [1.82, 2.24) is 9.80 Å². The van der Waals surface area contributed by atoms with Crippen molar-refractivity contribution < 1.29 is 5.11 Å². The maximum absolute atomic E-state index is 9.59. The Morgan fingerprint density at radius 3 is 2.90 bits per heavy atom. The molecule has 1 aromatic rings. The van der Waals surface area contributed by atoms with Crippen molar-refractivity contribution >= 4 is 0 Å². The third-order valence-corrected chi connectivity index (χ3v) is 4.12. The van der Waals surface area contributed by atoms with Crippen molar-refractivity contribution in [3.63, 3.8) is 0 Å². The molecular formula is C17H25N3O. The molecule has 1 N–H and O–H groups in total. The highest BCUT2D eigenvalue weighted by molar-refractivity contribution is 5.32. The van der Waals surface area contributed by atoms with Gasteiger partial charge in [0.05, 0.1) is 17.7 Å². The van der Waals surface area contributed by atoms with E-state index in [4.69, 9.17) is 5.26 Å². The van der Waals surface area contributed by atoms with Crippen molar-refractivity contribution in [2.45, 2.75) is 39.0 Å². The number of hydrogen-bond acceptors (Lipinski definition) is 4. The quantitative estimate of drug-likeness (QED) is 0.898. The number of β-amino-alcohol motifs (C(OH)–C–C–N with tert-alkyl or cyclic N) is 1. The lowest BCUT2D eigenvalue weighted by atomic mass is 10.1. The molecule has 0 bridgehead atoms. The lowest BCUT2D eigenvalue weighted by Crippen LogP contribution is -2.54. The number of hydrogen-bond donors (Lipinski definition) is 1. The van der Waals surface area contributed by atoms with Crippen LogP contribution in [0.4, 0.5) is 0 Å². The fraction of sp³-hybridized carbons (Fsp3) is 0.588. The zero-order valence-corrected chi connectivity index (χ0v) is 13.0. The predicted octanol–water partition coefficient (Wildman–Crippen LogP) is 1.84. The number of aliphatic hydroxyl groups is 1. The topological polar surface area (TPSA) is 50.5 Å². The average Bonchev–Trinajstić information content (AvgIpc) is 2.48. The molecule has 0 aromatic heterocycles. The number of nitrogens with zero attached hydrogens (tertiary/aromatic N) is 3. The lowest BCUT2D eigenvalue weighted by Gasteiger charge is -2.41. The van der Waals surface area contributed by atoms with Gasteiger partial charge in [-0.25, -0.2) is 0 Å². The standard InChI is InChI=1S/C17H25N3O/c1-3-17-13-19(7-8-20(17)11-14(2)21)12-16-6-4-5-15(9-16)10-18/h4-6,9,14,17,21H,3,7-8,11-13H2,1-2H3. The highest BCUT2D eigenvalue weighted by Crippen LogP contribution is 2.16. The molecule has 4 nitrogen and oxygen atoms in total. The van der Waals surface area contributed by atoms with Crippen molar-refractivity contribution in [3.05, 3.63) is 35.4 Å². The van der Waals surface area contributed by atoms with E-state index in [9.17, 15) is 5.11 Å². The minimum absolute atomic E-state index is 0.266. The molecule has 0 aliphatic carbocycles. The Balaban J connectivity index is 1.95. The van der Waals surface area contributed by atoms with Crippen LogP contribution in [-0.2, 0) is 6.54 Å². The molecular weight excluding hydrogens is 262 g/mol. The largest absolute Gasteiger partial charge is 0.392 e. The first kappa shape index (κ1) is 16.0. The van der Waals surface area contributed by atoms with Gasteiger partial charge in [0.25, 0.3) is 0 Å². The maximum atomic E-state index is 9.59. The molecule has 0 saturated carbocycles. The van der Waals surface area contributed by atoms with Crippen molar-refractivity contribution in [2.24, 2.45) is 0 Å². The van der Waals surface area contributed by atoms with Gasteiger partial charge < -0.3 is 5.11 Å². The Bertz CT molecular complexity index is 495. The molecule has 2 unspecified atom stereocenters. The molecule has 4 heteroatoms. The third-order valence-electron chi connectivity index (χ3n) is 4.12. The van der Waals surface area contributed by atoms with Crippen LogP contribution in [-0.4, -0.2) is 53.2 Å². The Morgan fingerprint density at radius 1 is 1.43 bits per heavy atom. The smallest absolute Gasteiger partial charge is 0.0991 e. The molecule has 0 amide bonds. The van der Waals surface area contributed by atoms with Crippen molar-refractivity contribution in [1.29, 1.82) is 5.26 Å². The summed E-state index contributed by atoms with van der Waals surface area (Å²) in [5.41, 5.74) is 1.93. The van der Waals surface area contributed by atoms with E-state index in [2.05, 4.69) is 28.9 Å². The van der Waals surface area contributed by atoms with E-state index >= 15 is 0 Å². The molecule has 1 aromatic carbocycles. The molecule has 1 aliphatic heterocycles. The number of nitriles is 1. The van der Waals surface area contributed by atoms with Crippen molar-refractivity contribution in [3.8, 4) is 6.07 Å². The maximum Gasteiger partial charge on any atom is 0.0991 e. The first-order valence-electron chi connectivity index (χ1n) is 7.76. The average molecular weight is 287 g/mol. The number of rotatable bonds is 5. The van der Waals surface area contributed by atoms with Crippen LogP contribution in [0.25, 0.3) is 0 Å². The summed E-state index contributed by atoms with van der Waals surface area (Å²) in [5.74, 6) is 0. The predicted molar refractivity (Wildman–Crippen MR) is 83.8 cm³/mol. The van der Waals surface area contributed by atoms with E-state index in [0.717, 1.165) is 44.7 Å². The molecule has 21 heavy (non-hydrogen) atoms. The summed E-state index contributed by atoms with van der Waals surface area (Å²) in [6.07, 6.45) is 0.833. The molecule has 114 valence electrons. The second kappa shape index (κ2) is 7.56. The van der Waals surface area contributed by atoms with Gasteiger partial charge in [0, 0.05) is 38.8 Å². The second-order valence-corrected chi connectivity index (χ2v) is 5.95. The van der Waals surface area contributed by atoms with Crippen LogP contribution in [0.2, 0.25) is 0 Å². The van der Waals surface area contributed by atoms with Gasteiger partial charge in [-0.15, -0.1) is 0 Å². The first-order chi connectivity index (χ1) is 10.1. The number of benzene rings is 1. The summed E-state index contributed by atoms with van der Waals surface area (Å²) in [4.78, 5) is 4.84. The highest BCUT2D eigenvalue weighted by Gasteiger charge is 2.26. The first-order valence-corrected chi connectivity index (χ1v) is 7.76. The van der Waals surface area contributed by atoms with Crippen LogP contribution in [0, 0.1) is 11.3 Å². The minimum atomic E-state index is -0.266. The lowest BCUT2D eigenvalue weighted by molar-refractivity contribution is 0.0338. The Kier molecular flexibility index (Phi) is 5.75. The highest BCUT2D eigenvalue weighted by atomic mass is 16.3. The molecule has 1 saturated heterocycles. The van der Waals surface area contributed by atoms with Crippen molar-refractivity contribution in [2.75, 3.05) is 26.2 Å². The second-order valence-electron chi connectivity index (χ2n) is 5.95. The van der Waals surface area contributed by atoms with Gasteiger partial charge >= 0.3 is 0 Å². The van der Waals surface area contributed by atoms with Gasteiger partial charge in [0.1, 0.15) is 0 Å². The van der Waals surface area contributed by atoms with E-state index in [-0.39, 0.29) is 6.10 Å². The molecule has 0 radical (unpaired) electrons. The van der Waals surface area contributed by atoms with Crippen LogP contribution >= 0.6 is 0 Å². The fourth-order valence-corrected chi connectivity index (χ4v) is 3.07. The van der Waals surface area contributed by atoms with Gasteiger partial charge in [0.15, 0.2) is 0 Å². The summed E-state index contributed by atoms with van der Waals surface area (Å²) >= 11 is 0. The number of piperazine rings is 1. The molecule has 1 heterocycles. The minimum Gasteiger partial charge on any atom is -0.392 e. The van der Waals surface area contributed by atoms with E-state index in [1.165, 1.54) is 5.56 Å². The normalized spacial score (nSPS) is 21.9. The van der Waals surface area contributed by atoms with Crippen LogP contribution in [0.1, 0.15) is 31.4 Å². The van der Waals surface area contributed by atoms with Crippen LogP contribution in [0.3, 0.4) is 0 Å². The summed E-state index contributed by atoms with van der Waals surface area (Å²) in [6, 6.07) is 10.6. The van der Waals surface area contributed by atoms with E-state index in [1.54, 1.807) is 0 Å². The Morgan fingerprint density at radius 2 is 2.24 bits per heavy atom. The zero-order chi connectivity index (χ0) is 15.2. The Labute approximate surface area is 127 Å². The van der Waals surface area contributed by atoms with Crippen LogP contribution in [0.15, 0.2) is 24.3 Å². The number of aliphatic hydroxyl groups excluding tert-OH is 1. The van der Waals surface area contributed by atoms with Crippen LogP contribution in [0.5, 0.6) is 0 Å². The third kappa shape index (κ3) is 4.53.